The molecule has 1 aliphatic rings. The van der Waals surface area contributed by atoms with Crippen molar-refractivity contribution in [1.29, 1.82) is 0 Å². The molecule has 0 spiro atoms. The highest BCUT2D eigenvalue weighted by Gasteiger charge is 2.21. The number of aromatic nitrogens is 2. The summed E-state index contributed by atoms with van der Waals surface area (Å²) in [6.07, 6.45) is 0.548. The Kier molecular flexibility index (Phi) is 5.92. The number of ether oxygens (including phenoxy) is 1. The number of carbonyl (C=O) groups excluding carboxylic acids is 1. The Balaban J connectivity index is 1.43. The summed E-state index contributed by atoms with van der Waals surface area (Å²) in [5.41, 5.74) is 2.89. The SMILES string of the molecule is COc1ccc(N2CCN(C(=O)CCSc3nncs3)CC2)cc1. The van der Waals surface area contributed by atoms with Crippen LogP contribution >= 0.6 is 23.1 Å². The first-order valence-corrected chi connectivity index (χ1v) is 9.68. The molecule has 1 saturated heterocycles. The third-order valence-corrected chi connectivity index (χ3v) is 5.81. The Labute approximate surface area is 149 Å². The van der Waals surface area contributed by atoms with Gasteiger partial charge >= 0.3 is 0 Å². The van der Waals surface area contributed by atoms with Gasteiger partial charge in [0.05, 0.1) is 7.11 Å². The summed E-state index contributed by atoms with van der Waals surface area (Å²) in [5.74, 6) is 1.84. The number of benzene rings is 1. The van der Waals surface area contributed by atoms with E-state index >= 15 is 0 Å². The van der Waals surface area contributed by atoms with Crippen molar-refractivity contribution in [1.82, 2.24) is 15.1 Å². The van der Waals surface area contributed by atoms with Crippen molar-refractivity contribution in [3.8, 4) is 5.75 Å². The second-order valence-corrected chi connectivity index (χ2v) is 7.54. The van der Waals surface area contributed by atoms with Gasteiger partial charge in [0.2, 0.25) is 5.91 Å². The van der Waals surface area contributed by atoms with Gasteiger partial charge in [-0.05, 0) is 24.3 Å². The number of nitrogens with zero attached hydrogens (tertiary/aromatic N) is 4. The zero-order valence-electron chi connectivity index (χ0n) is 13.6. The van der Waals surface area contributed by atoms with Crippen molar-refractivity contribution in [2.45, 2.75) is 10.8 Å². The van der Waals surface area contributed by atoms with Crippen LogP contribution in [0, 0.1) is 0 Å². The predicted octanol–water partition coefficient (Wildman–Crippen LogP) is 2.38. The molecule has 128 valence electrons. The number of carbonyl (C=O) groups is 1. The Morgan fingerprint density at radius 3 is 2.62 bits per heavy atom. The van der Waals surface area contributed by atoms with Crippen molar-refractivity contribution in [3.05, 3.63) is 29.8 Å². The van der Waals surface area contributed by atoms with E-state index < -0.39 is 0 Å². The summed E-state index contributed by atoms with van der Waals surface area (Å²) < 4.78 is 6.11. The maximum atomic E-state index is 12.3. The van der Waals surface area contributed by atoms with Gasteiger partial charge < -0.3 is 14.5 Å². The lowest BCUT2D eigenvalue weighted by Crippen LogP contribution is -2.48. The van der Waals surface area contributed by atoms with Crippen molar-refractivity contribution in [3.63, 3.8) is 0 Å². The van der Waals surface area contributed by atoms with E-state index in [0.717, 1.165) is 42.0 Å². The molecule has 8 heteroatoms. The molecule has 0 bridgehead atoms. The molecule has 0 radical (unpaired) electrons. The zero-order valence-corrected chi connectivity index (χ0v) is 15.2. The summed E-state index contributed by atoms with van der Waals surface area (Å²) in [6, 6.07) is 8.07. The van der Waals surface area contributed by atoms with Gasteiger partial charge in [-0.15, -0.1) is 10.2 Å². The summed E-state index contributed by atoms with van der Waals surface area (Å²) in [5, 5.41) is 7.77. The van der Waals surface area contributed by atoms with Gasteiger partial charge in [0.25, 0.3) is 0 Å². The molecule has 24 heavy (non-hydrogen) atoms. The first-order chi connectivity index (χ1) is 11.8. The number of methoxy groups -OCH3 is 1. The standard InChI is InChI=1S/C16H20N4O2S2/c1-22-14-4-2-13(3-5-14)19-7-9-20(10-8-19)15(21)6-11-23-16-18-17-12-24-16/h2-5,12H,6-11H2,1H3. The smallest absolute Gasteiger partial charge is 0.223 e. The molecule has 6 nitrogen and oxygen atoms in total. The number of piperazine rings is 1. The van der Waals surface area contributed by atoms with Crippen LogP contribution < -0.4 is 9.64 Å². The summed E-state index contributed by atoms with van der Waals surface area (Å²) in [4.78, 5) is 16.6. The lowest BCUT2D eigenvalue weighted by molar-refractivity contribution is -0.131. The molecule has 0 saturated carbocycles. The third-order valence-electron chi connectivity index (χ3n) is 3.95. The second kappa shape index (κ2) is 8.34. The van der Waals surface area contributed by atoms with Gasteiger partial charge in [0.1, 0.15) is 11.3 Å². The Morgan fingerprint density at radius 2 is 2.00 bits per heavy atom. The number of amides is 1. The first kappa shape index (κ1) is 17.0. The van der Waals surface area contributed by atoms with Crippen LogP contribution in [-0.2, 0) is 4.79 Å². The van der Waals surface area contributed by atoms with Crippen LogP contribution in [0.2, 0.25) is 0 Å². The first-order valence-electron chi connectivity index (χ1n) is 7.82. The summed E-state index contributed by atoms with van der Waals surface area (Å²) >= 11 is 3.11. The largest absolute Gasteiger partial charge is 0.497 e. The Morgan fingerprint density at radius 1 is 1.25 bits per heavy atom. The van der Waals surface area contributed by atoms with Crippen LogP contribution in [0.3, 0.4) is 0 Å². The quantitative estimate of drug-likeness (QED) is 0.734. The molecule has 3 rings (SSSR count). The number of rotatable bonds is 6. The van der Waals surface area contributed by atoms with Gasteiger partial charge in [0.15, 0.2) is 4.34 Å². The molecule has 1 fully saturated rings. The van der Waals surface area contributed by atoms with Crippen LogP contribution in [-0.4, -0.2) is 60.0 Å². The summed E-state index contributed by atoms with van der Waals surface area (Å²) in [7, 11) is 1.67. The molecule has 0 atom stereocenters. The minimum atomic E-state index is 0.224. The molecule has 1 aromatic heterocycles. The molecular formula is C16H20N4O2S2. The fourth-order valence-corrected chi connectivity index (χ4v) is 4.10. The average Bonchev–Trinajstić information content (AvgIpc) is 3.15. The zero-order chi connectivity index (χ0) is 16.8. The van der Waals surface area contributed by atoms with E-state index in [4.69, 9.17) is 4.74 Å². The number of hydrogen-bond donors (Lipinski definition) is 0. The lowest BCUT2D eigenvalue weighted by Gasteiger charge is -2.36. The van der Waals surface area contributed by atoms with E-state index in [-0.39, 0.29) is 5.91 Å². The second-order valence-electron chi connectivity index (χ2n) is 5.37. The highest BCUT2D eigenvalue weighted by Crippen LogP contribution is 2.22. The van der Waals surface area contributed by atoms with Crippen LogP contribution in [0.25, 0.3) is 0 Å². The fraction of sp³-hybridized carbons (Fsp3) is 0.438. The van der Waals surface area contributed by atoms with Crippen molar-refractivity contribution in [2.24, 2.45) is 0 Å². The number of anilines is 1. The molecular weight excluding hydrogens is 344 g/mol. The fourth-order valence-electron chi connectivity index (χ4n) is 2.62. The summed E-state index contributed by atoms with van der Waals surface area (Å²) in [6.45, 7) is 3.27. The van der Waals surface area contributed by atoms with Gasteiger partial charge in [-0.25, -0.2) is 0 Å². The minimum absolute atomic E-state index is 0.224. The molecule has 1 aromatic carbocycles. The van der Waals surface area contributed by atoms with Crippen LogP contribution in [0.4, 0.5) is 5.69 Å². The van der Waals surface area contributed by atoms with Gasteiger partial charge in [-0.1, -0.05) is 23.1 Å². The molecule has 0 unspecified atom stereocenters. The van der Waals surface area contributed by atoms with Gasteiger partial charge in [-0.2, -0.15) is 0 Å². The maximum absolute atomic E-state index is 12.3. The number of hydrogen-bond acceptors (Lipinski definition) is 7. The normalized spacial score (nSPS) is 14.7. The molecule has 0 N–H and O–H groups in total. The van der Waals surface area contributed by atoms with Gasteiger partial charge in [-0.3, -0.25) is 4.79 Å². The minimum Gasteiger partial charge on any atom is -0.497 e. The van der Waals surface area contributed by atoms with Crippen LogP contribution in [0.15, 0.2) is 34.1 Å². The van der Waals surface area contributed by atoms with Crippen LogP contribution in [0.1, 0.15) is 6.42 Å². The van der Waals surface area contributed by atoms with E-state index in [9.17, 15) is 4.79 Å². The molecule has 2 aromatic rings. The van der Waals surface area contributed by atoms with E-state index in [1.165, 1.54) is 17.0 Å². The predicted molar refractivity (Wildman–Crippen MR) is 97.0 cm³/mol. The highest BCUT2D eigenvalue weighted by molar-refractivity contribution is 8.01. The maximum Gasteiger partial charge on any atom is 0.223 e. The monoisotopic (exact) mass is 364 g/mol. The van der Waals surface area contributed by atoms with Crippen molar-refractivity contribution < 1.29 is 9.53 Å². The van der Waals surface area contributed by atoms with E-state index in [2.05, 4.69) is 27.2 Å². The van der Waals surface area contributed by atoms with Gasteiger partial charge in [0, 0.05) is 44.0 Å². The molecule has 2 heterocycles. The highest BCUT2D eigenvalue weighted by atomic mass is 32.2. The average molecular weight is 364 g/mol. The molecule has 0 aliphatic carbocycles. The van der Waals surface area contributed by atoms with E-state index in [0.29, 0.717) is 6.42 Å². The lowest BCUT2D eigenvalue weighted by atomic mass is 10.2. The third kappa shape index (κ3) is 4.39. The Bertz CT molecular complexity index is 641. The van der Waals surface area contributed by atoms with Crippen molar-refractivity contribution in [2.75, 3.05) is 43.9 Å². The number of thioether (sulfide) groups is 1. The van der Waals surface area contributed by atoms with E-state index in [1.807, 2.05) is 17.0 Å². The van der Waals surface area contributed by atoms with E-state index in [1.54, 1.807) is 24.4 Å². The Hall–Kier alpha value is -1.80. The molecule has 1 amide bonds. The topological polar surface area (TPSA) is 58.6 Å². The van der Waals surface area contributed by atoms with Crippen LogP contribution in [0.5, 0.6) is 5.75 Å². The van der Waals surface area contributed by atoms with Crippen molar-refractivity contribution >= 4 is 34.7 Å². The molecule has 1 aliphatic heterocycles.